The van der Waals surface area contributed by atoms with Crippen LogP contribution in [0.4, 0.5) is 0 Å². The summed E-state index contributed by atoms with van der Waals surface area (Å²) in [5.74, 6) is -0.594. The number of aryl methyl sites for hydroxylation is 1. The van der Waals surface area contributed by atoms with Crippen molar-refractivity contribution in [2.45, 2.75) is 44.7 Å². The topological polar surface area (TPSA) is 107 Å². The highest BCUT2D eigenvalue weighted by Gasteiger charge is 2.31. The molecule has 1 aliphatic carbocycles. The summed E-state index contributed by atoms with van der Waals surface area (Å²) in [7, 11) is 0. The Balaban J connectivity index is 1.39. The van der Waals surface area contributed by atoms with Gasteiger partial charge < -0.3 is 15.7 Å². The predicted molar refractivity (Wildman–Crippen MR) is 108 cm³/mol. The number of amides is 2. The van der Waals surface area contributed by atoms with Gasteiger partial charge in [-0.05, 0) is 48.6 Å². The van der Waals surface area contributed by atoms with Gasteiger partial charge in [0, 0.05) is 16.8 Å². The maximum atomic E-state index is 12.6. The summed E-state index contributed by atoms with van der Waals surface area (Å²) in [5, 5.41) is 25.4. The third-order valence-electron chi connectivity index (χ3n) is 5.23. The molecule has 1 aliphatic rings. The molecule has 7 nitrogen and oxygen atoms in total. The zero-order chi connectivity index (χ0) is 19.7. The van der Waals surface area contributed by atoms with E-state index in [1.165, 1.54) is 4.70 Å². The average Bonchev–Trinajstić information content (AvgIpc) is 3.37. The number of nitrogens with one attached hydrogen (secondary N) is 3. The van der Waals surface area contributed by atoms with Crippen LogP contribution in [0, 0.1) is 6.92 Å². The van der Waals surface area contributed by atoms with Gasteiger partial charge in [0.05, 0.1) is 6.42 Å². The summed E-state index contributed by atoms with van der Waals surface area (Å²) in [5.41, 5.74) is 1.46. The Morgan fingerprint density at radius 2 is 2.00 bits per heavy atom. The highest BCUT2D eigenvalue weighted by molar-refractivity contribution is 7.17. The van der Waals surface area contributed by atoms with E-state index >= 15 is 0 Å². The minimum atomic E-state index is -0.409. The van der Waals surface area contributed by atoms with E-state index in [2.05, 4.69) is 26.9 Å². The van der Waals surface area contributed by atoms with Crippen molar-refractivity contribution in [1.82, 2.24) is 20.8 Å². The molecule has 2 amide bonds. The number of thiophene rings is 1. The average molecular weight is 398 g/mol. The molecular formula is C20H22N4O3S. The van der Waals surface area contributed by atoms with Crippen LogP contribution in [0.1, 0.15) is 41.0 Å². The lowest BCUT2D eigenvalue weighted by atomic mass is 10.1. The van der Waals surface area contributed by atoms with Crippen molar-refractivity contribution >= 4 is 33.2 Å². The second-order valence-corrected chi connectivity index (χ2v) is 8.06. The van der Waals surface area contributed by atoms with E-state index in [1.807, 2.05) is 23.6 Å². The molecule has 1 saturated carbocycles. The van der Waals surface area contributed by atoms with Gasteiger partial charge in [0.15, 0.2) is 11.4 Å². The number of rotatable bonds is 5. The lowest BCUT2D eigenvalue weighted by molar-refractivity contribution is -0.121. The van der Waals surface area contributed by atoms with Crippen molar-refractivity contribution in [3.8, 4) is 5.75 Å². The van der Waals surface area contributed by atoms with E-state index in [1.54, 1.807) is 18.3 Å². The molecule has 2 atom stereocenters. The number of nitrogens with zero attached hydrogens (tertiary/aromatic N) is 1. The lowest BCUT2D eigenvalue weighted by Crippen LogP contribution is -2.49. The number of aromatic nitrogens is 2. The van der Waals surface area contributed by atoms with Gasteiger partial charge in [0.25, 0.3) is 5.91 Å². The van der Waals surface area contributed by atoms with Gasteiger partial charge in [-0.3, -0.25) is 14.7 Å². The molecule has 0 aliphatic heterocycles. The predicted octanol–water partition coefficient (Wildman–Crippen LogP) is 2.65. The van der Waals surface area contributed by atoms with Crippen LogP contribution in [0.15, 0.2) is 29.6 Å². The fourth-order valence-corrected chi connectivity index (χ4v) is 4.69. The van der Waals surface area contributed by atoms with Crippen molar-refractivity contribution in [2.24, 2.45) is 0 Å². The van der Waals surface area contributed by atoms with Crippen LogP contribution in [0.3, 0.4) is 0 Å². The first kappa shape index (κ1) is 18.5. The number of aromatic hydroxyl groups is 1. The number of hydrogen-bond acceptors (Lipinski definition) is 5. The lowest BCUT2D eigenvalue weighted by Gasteiger charge is -2.22. The molecule has 1 aromatic carbocycles. The Labute approximate surface area is 166 Å². The van der Waals surface area contributed by atoms with Crippen LogP contribution in [0.5, 0.6) is 5.75 Å². The summed E-state index contributed by atoms with van der Waals surface area (Å²) in [6.45, 7) is 1.62. The van der Waals surface area contributed by atoms with Gasteiger partial charge in [-0.1, -0.05) is 18.2 Å². The Hall–Kier alpha value is -2.87. The molecule has 8 heteroatoms. The molecular weight excluding hydrogens is 376 g/mol. The maximum absolute atomic E-state index is 12.6. The second-order valence-electron chi connectivity index (χ2n) is 7.15. The Kier molecular flexibility index (Phi) is 5.04. The van der Waals surface area contributed by atoms with Crippen LogP contribution >= 0.6 is 11.3 Å². The van der Waals surface area contributed by atoms with E-state index in [0.29, 0.717) is 12.1 Å². The fraction of sp³-hybridized carbons (Fsp3) is 0.350. The van der Waals surface area contributed by atoms with Gasteiger partial charge in [-0.25, -0.2) is 0 Å². The third kappa shape index (κ3) is 3.60. The molecule has 2 heterocycles. The molecule has 0 unspecified atom stereocenters. The van der Waals surface area contributed by atoms with Gasteiger partial charge in [0.1, 0.15) is 5.69 Å². The summed E-state index contributed by atoms with van der Waals surface area (Å²) in [4.78, 5) is 25.0. The molecule has 4 N–H and O–H groups in total. The highest BCUT2D eigenvalue weighted by Crippen LogP contribution is 2.26. The molecule has 0 radical (unpaired) electrons. The zero-order valence-electron chi connectivity index (χ0n) is 15.5. The number of benzene rings is 1. The fourth-order valence-electron chi connectivity index (χ4n) is 3.73. The van der Waals surface area contributed by atoms with Gasteiger partial charge in [0.2, 0.25) is 5.91 Å². The Morgan fingerprint density at radius 1 is 1.25 bits per heavy atom. The zero-order valence-corrected chi connectivity index (χ0v) is 16.3. The number of fused-ring (bicyclic) bond motifs is 1. The van der Waals surface area contributed by atoms with Crippen molar-refractivity contribution in [2.75, 3.05) is 0 Å². The molecule has 1 fully saturated rings. The summed E-state index contributed by atoms with van der Waals surface area (Å²) in [6.07, 6.45) is 2.84. The van der Waals surface area contributed by atoms with Crippen LogP contribution in [0.2, 0.25) is 0 Å². The third-order valence-corrected chi connectivity index (χ3v) is 6.25. The van der Waals surface area contributed by atoms with E-state index in [0.717, 1.165) is 30.2 Å². The van der Waals surface area contributed by atoms with Gasteiger partial charge in [-0.2, -0.15) is 5.10 Å². The second kappa shape index (κ2) is 7.63. The molecule has 28 heavy (non-hydrogen) atoms. The quantitative estimate of drug-likeness (QED) is 0.530. The molecule has 0 saturated heterocycles. The van der Waals surface area contributed by atoms with Crippen LogP contribution in [0.25, 0.3) is 10.1 Å². The van der Waals surface area contributed by atoms with E-state index in [9.17, 15) is 14.7 Å². The number of carbonyl (C=O) groups excluding carboxylic acids is 2. The van der Waals surface area contributed by atoms with Crippen molar-refractivity contribution < 1.29 is 14.7 Å². The smallest absolute Gasteiger partial charge is 0.273 e. The van der Waals surface area contributed by atoms with Crippen LogP contribution in [-0.4, -0.2) is 39.2 Å². The van der Waals surface area contributed by atoms with E-state index in [-0.39, 0.29) is 29.4 Å². The number of hydrogen-bond donors (Lipinski definition) is 4. The largest absolute Gasteiger partial charge is 0.504 e. The van der Waals surface area contributed by atoms with Crippen LogP contribution in [-0.2, 0) is 11.2 Å². The normalized spacial score (nSPS) is 19.0. The van der Waals surface area contributed by atoms with Crippen LogP contribution < -0.4 is 10.6 Å². The number of carbonyl (C=O) groups is 2. The standard InChI is InChI=1S/C20H22N4O3S/c1-11-19(26)18(24-23-11)20(27)22-15-7-4-6-14(15)21-17(25)9-12-10-28-16-8-3-2-5-13(12)16/h2-3,5,8,10,14-15,26H,4,6-7,9H2,1H3,(H,21,25)(H,22,27)(H,23,24)/t14-,15+/m0/s1. The Bertz CT molecular complexity index is 1030. The molecule has 146 valence electrons. The SMILES string of the molecule is Cc1n[nH]c(C(=O)N[C@@H]2CCC[C@@H]2NC(=O)Cc2csc3ccccc23)c1O. The first-order chi connectivity index (χ1) is 13.5. The molecule has 0 spiro atoms. The van der Waals surface area contributed by atoms with E-state index < -0.39 is 5.91 Å². The highest BCUT2D eigenvalue weighted by atomic mass is 32.1. The summed E-state index contributed by atoms with van der Waals surface area (Å²) < 4.78 is 1.17. The van der Waals surface area contributed by atoms with Crippen molar-refractivity contribution in [3.63, 3.8) is 0 Å². The summed E-state index contributed by atoms with van der Waals surface area (Å²) >= 11 is 1.64. The van der Waals surface area contributed by atoms with Crippen molar-refractivity contribution in [1.29, 1.82) is 0 Å². The van der Waals surface area contributed by atoms with Crippen molar-refractivity contribution in [3.05, 3.63) is 46.6 Å². The first-order valence-corrected chi connectivity index (χ1v) is 10.2. The van der Waals surface area contributed by atoms with E-state index in [4.69, 9.17) is 0 Å². The molecule has 2 aromatic heterocycles. The Morgan fingerprint density at radius 3 is 2.75 bits per heavy atom. The van der Waals surface area contributed by atoms with Gasteiger partial charge >= 0.3 is 0 Å². The van der Waals surface area contributed by atoms with Gasteiger partial charge in [-0.15, -0.1) is 11.3 Å². The number of H-pyrrole nitrogens is 1. The number of aromatic amines is 1. The minimum absolute atomic E-state index is 0.0464. The summed E-state index contributed by atoms with van der Waals surface area (Å²) in [6, 6.07) is 7.77. The maximum Gasteiger partial charge on any atom is 0.273 e. The molecule has 0 bridgehead atoms. The molecule has 4 rings (SSSR count). The molecule has 3 aromatic rings. The minimum Gasteiger partial charge on any atom is -0.504 e. The monoisotopic (exact) mass is 398 g/mol. The first-order valence-electron chi connectivity index (χ1n) is 9.32.